The van der Waals surface area contributed by atoms with Crippen LogP contribution in [0, 0.1) is 5.82 Å². The van der Waals surface area contributed by atoms with Crippen LogP contribution in [-0.2, 0) is 11.3 Å². The number of hydrogen-bond donors (Lipinski definition) is 1. The van der Waals surface area contributed by atoms with Gasteiger partial charge in [0.15, 0.2) is 0 Å². The molecule has 3 aromatic carbocycles. The fraction of sp³-hybridized carbons (Fsp3) is 0.130. The monoisotopic (exact) mass is 458 g/mol. The van der Waals surface area contributed by atoms with Crippen molar-refractivity contribution in [1.29, 1.82) is 0 Å². The number of hydrogen-bond acceptors (Lipinski definition) is 3. The SMILES string of the molecule is COc1ccccc1CN1C(=O)c2ccc(F)cc2C1C(=O)Nc1c(Cl)cccc1Cl. The molecule has 0 aromatic heterocycles. The van der Waals surface area contributed by atoms with Crippen molar-refractivity contribution in [2.45, 2.75) is 12.6 Å². The van der Waals surface area contributed by atoms with Crippen molar-refractivity contribution in [3.8, 4) is 5.75 Å². The second kappa shape index (κ2) is 8.57. The lowest BCUT2D eigenvalue weighted by molar-refractivity contribution is -0.120. The molecule has 0 radical (unpaired) electrons. The molecule has 0 saturated carbocycles. The van der Waals surface area contributed by atoms with E-state index in [0.717, 1.165) is 0 Å². The molecule has 1 unspecified atom stereocenters. The topological polar surface area (TPSA) is 58.6 Å². The molecule has 0 spiro atoms. The molecule has 0 aliphatic carbocycles. The molecule has 3 aromatic rings. The largest absolute Gasteiger partial charge is 0.496 e. The third kappa shape index (κ3) is 3.96. The Balaban J connectivity index is 1.75. The number of benzene rings is 3. The number of nitrogens with one attached hydrogen (secondary N) is 1. The Morgan fingerprint density at radius 3 is 2.52 bits per heavy atom. The fourth-order valence-corrected chi connectivity index (χ4v) is 4.16. The van der Waals surface area contributed by atoms with Crippen LogP contribution >= 0.6 is 23.2 Å². The molecule has 158 valence electrons. The lowest BCUT2D eigenvalue weighted by atomic mass is 10.0. The van der Waals surface area contributed by atoms with Crippen LogP contribution in [0.15, 0.2) is 60.7 Å². The van der Waals surface area contributed by atoms with Gasteiger partial charge in [-0.2, -0.15) is 0 Å². The van der Waals surface area contributed by atoms with Crippen LogP contribution < -0.4 is 10.1 Å². The highest BCUT2D eigenvalue weighted by molar-refractivity contribution is 6.39. The van der Waals surface area contributed by atoms with Gasteiger partial charge >= 0.3 is 0 Å². The van der Waals surface area contributed by atoms with E-state index < -0.39 is 17.8 Å². The van der Waals surface area contributed by atoms with Crippen LogP contribution in [0.2, 0.25) is 10.0 Å². The van der Waals surface area contributed by atoms with Crippen molar-refractivity contribution in [2.75, 3.05) is 12.4 Å². The summed E-state index contributed by atoms with van der Waals surface area (Å²) >= 11 is 12.4. The summed E-state index contributed by atoms with van der Waals surface area (Å²) in [7, 11) is 1.53. The van der Waals surface area contributed by atoms with Crippen molar-refractivity contribution in [3.05, 3.63) is 93.2 Å². The Hall–Kier alpha value is -3.09. The predicted molar refractivity (Wildman–Crippen MR) is 117 cm³/mol. The molecule has 0 bridgehead atoms. The first-order valence-corrected chi connectivity index (χ1v) is 10.1. The van der Waals surface area contributed by atoms with Crippen LogP contribution in [0.4, 0.5) is 10.1 Å². The van der Waals surface area contributed by atoms with E-state index in [4.69, 9.17) is 27.9 Å². The van der Waals surface area contributed by atoms with Crippen molar-refractivity contribution in [1.82, 2.24) is 4.90 Å². The molecule has 5 nitrogen and oxygen atoms in total. The Morgan fingerprint density at radius 2 is 1.81 bits per heavy atom. The lowest BCUT2D eigenvalue weighted by Crippen LogP contribution is -2.35. The number of carbonyl (C=O) groups excluding carboxylic acids is 2. The van der Waals surface area contributed by atoms with Gasteiger partial charge in [0.05, 0.1) is 29.4 Å². The highest BCUT2D eigenvalue weighted by Crippen LogP contribution is 2.38. The smallest absolute Gasteiger partial charge is 0.255 e. The van der Waals surface area contributed by atoms with Crippen LogP contribution in [-0.4, -0.2) is 23.8 Å². The Labute approximate surface area is 188 Å². The molecule has 1 aliphatic heterocycles. The summed E-state index contributed by atoms with van der Waals surface area (Å²) in [4.78, 5) is 27.8. The zero-order chi connectivity index (χ0) is 22.1. The second-order valence-corrected chi connectivity index (χ2v) is 7.78. The molecule has 8 heteroatoms. The minimum atomic E-state index is -1.07. The number of methoxy groups -OCH3 is 1. The van der Waals surface area contributed by atoms with Gasteiger partial charge in [-0.1, -0.05) is 47.5 Å². The molecule has 31 heavy (non-hydrogen) atoms. The lowest BCUT2D eigenvalue weighted by Gasteiger charge is -2.26. The summed E-state index contributed by atoms with van der Waals surface area (Å²) in [5, 5.41) is 3.20. The molecule has 1 N–H and O–H groups in total. The maximum absolute atomic E-state index is 14.0. The summed E-state index contributed by atoms with van der Waals surface area (Å²) in [5.74, 6) is -0.904. The zero-order valence-corrected chi connectivity index (χ0v) is 17.9. The summed E-state index contributed by atoms with van der Waals surface area (Å²) in [6, 6.07) is 14.7. The van der Waals surface area contributed by atoms with E-state index in [-0.39, 0.29) is 39.3 Å². The zero-order valence-electron chi connectivity index (χ0n) is 16.4. The van der Waals surface area contributed by atoms with E-state index in [1.54, 1.807) is 30.3 Å². The maximum atomic E-state index is 14.0. The molecular formula is C23H17Cl2FN2O3. The van der Waals surface area contributed by atoms with Crippen molar-refractivity contribution >= 4 is 40.7 Å². The molecular weight excluding hydrogens is 442 g/mol. The van der Waals surface area contributed by atoms with Gasteiger partial charge in [0.25, 0.3) is 11.8 Å². The van der Waals surface area contributed by atoms with E-state index in [9.17, 15) is 14.0 Å². The molecule has 1 atom stereocenters. The molecule has 4 rings (SSSR count). The molecule has 1 heterocycles. The average molecular weight is 459 g/mol. The number of ether oxygens (including phenoxy) is 1. The van der Waals surface area contributed by atoms with Crippen LogP contribution in [0.1, 0.15) is 27.5 Å². The Morgan fingerprint density at radius 1 is 1.10 bits per heavy atom. The molecule has 1 aliphatic rings. The van der Waals surface area contributed by atoms with Crippen LogP contribution in [0.5, 0.6) is 5.75 Å². The van der Waals surface area contributed by atoms with Gasteiger partial charge in [0.2, 0.25) is 0 Å². The molecule has 0 saturated heterocycles. The number of halogens is 3. The van der Waals surface area contributed by atoms with E-state index in [0.29, 0.717) is 11.3 Å². The number of amides is 2. The van der Waals surface area contributed by atoms with Gasteiger partial charge in [0, 0.05) is 11.1 Å². The first-order valence-electron chi connectivity index (χ1n) is 9.38. The van der Waals surface area contributed by atoms with Crippen molar-refractivity contribution in [3.63, 3.8) is 0 Å². The average Bonchev–Trinajstić information content (AvgIpc) is 3.02. The number of para-hydroxylation sites is 2. The quantitative estimate of drug-likeness (QED) is 0.550. The third-order valence-electron chi connectivity index (χ3n) is 5.10. The van der Waals surface area contributed by atoms with Gasteiger partial charge in [-0.3, -0.25) is 9.59 Å². The Kier molecular flexibility index (Phi) is 5.85. The van der Waals surface area contributed by atoms with E-state index >= 15 is 0 Å². The van der Waals surface area contributed by atoms with Crippen molar-refractivity contribution < 1.29 is 18.7 Å². The van der Waals surface area contributed by atoms with Crippen LogP contribution in [0.25, 0.3) is 0 Å². The van der Waals surface area contributed by atoms with Crippen LogP contribution in [0.3, 0.4) is 0 Å². The first-order chi connectivity index (χ1) is 14.9. The fourth-order valence-electron chi connectivity index (χ4n) is 3.67. The number of anilines is 1. The highest BCUT2D eigenvalue weighted by atomic mass is 35.5. The van der Waals surface area contributed by atoms with Crippen molar-refractivity contribution in [2.24, 2.45) is 0 Å². The highest BCUT2D eigenvalue weighted by Gasteiger charge is 2.42. The van der Waals surface area contributed by atoms with E-state index in [1.165, 1.54) is 30.2 Å². The predicted octanol–water partition coefficient (Wildman–Crippen LogP) is 5.48. The van der Waals surface area contributed by atoms with Gasteiger partial charge in [-0.15, -0.1) is 0 Å². The Bertz CT molecular complexity index is 1160. The first kappa shape index (κ1) is 21.2. The van der Waals surface area contributed by atoms with Gasteiger partial charge < -0.3 is 15.0 Å². The minimum absolute atomic E-state index is 0.0908. The van der Waals surface area contributed by atoms with Gasteiger partial charge in [-0.25, -0.2) is 4.39 Å². The van der Waals surface area contributed by atoms with Gasteiger partial charge in [0.1, 0.15) is 17.6 Å². The summed E-state index contributed by atoms with van der Waals surface area (Å²) in [6.45, 7) is 0.0908. The number of rotatable bonds is 5. The third-order valence-corrected chi connectivity index (χ3v) is 5.73. The minimum Gasteiger partial charge on any atom is -0.496 e. The summed E-state index contributed by atoms with van der Waals surface area (Å²) in [6.07, 6.45) is 0. The maximum Gasteiger partial charge on any atom is 0.255 e. The number of fused-ring (bicyclic) bond motifs is 1. The number of nitrogens with zero attached hydrogens (tertiary/aromatic N) is 1. The normalized spacial score (nSPS) is 15.0. The second-order valence-electron chi connectivity index (χ2n) is 6.96. The van der Waals surface area contributed by atoms with Gasteiger partial charge in [-0.05, 0) is 42.0 Å². The van der Waals surface area contributed by atoms with E-state index in [1.807, 2.05) is 12.1 Å². The number of carbonyl (C=O) groups is 2. The van der Waals surface area contributed by atoms with E-state index in [2.05, 4.69) is 5.32 Å². The standard InChI is InChI=1S/C23H17Cl2FN2O3/c1-31-19-8-3-2-5-13(19)12-28-21(16-11-14(26)9-10-15(16)23(28)30)22(29)27-20-17(24)6-4-7-18(20)25/h2-11,21H,12H2,1H3,(H,27,29). The summed E-state index contributed by atoms with van der Waals surface area (Å²) in [5.41, 5.74) is 1.48. The molecule has 0 fully saturated rings. The summed E-state index contributed by atoms with van der Waals surface area (Å²) < 4.78 is 19.4. The molecule has 2 amide bonds.